The average molecular weight is 228 g/mol. The number of anilines is 2. The second-order valence-electron chi connectivity index (χ2n) is 2.91. The summed E-state index contributed by atoms with van der Waals surface area (Å²) in [6.07, 6.45) is 1.50. The summed E-state index contributed by atoms with van der Waals surface area (Å²) in [6, 6.07) is 3.33. The molecule has 1 aromatic heterocycles. The lowest BCUT2D eigenvalue weighted by atomic mass is 10.2. The van der Waals surface area contributed by atoms with Crippen molar-refractivity contribution in [1.82, 2.24) is 4.98 Å². The molecule has 2 aromatic rings. The van der Waals surface area contributed by atoms with E-state index >= 15 is 0 Å². The molecule has 0 unspecified atom stereocenters. The maximum absolute atomic E-state index is 5.86. The van der Waals surface area contributed by atoms with Crippen LogP contribution in [-0.4, -0.2) is 4.98 Å². The van der Waals surface area contributed by atoms with E-state index in [-0.39, 0.29) is 0 Å². The van der Waals surface area contributed by atoms with Crippen molar-refractivity contribution in [3.05, 3.63) is 28.4 Å². The Bertz CT molecular complexity index is 511. The van der Waals surface area contributed by atoms with E-state index in [0.717, 1.165) is 5.39 Å². The van der Waals surface area contributed by atoms with E-state index in [0.29, 0.717) is 26.9 Å². The zero-order valence-corrected chi connectivity index (χ0v) is 8.60. The number of hydrogen-bond donors (Lipinski definition) is 2. The lowest BCUT2D eigenvalue weighted by Gasteiger charge is -2.05. The Morgan fingerprint density at radius 2 is 1.71 bits per heavy atom. The number of aromatic nitrogens is 1. The molecule has 0 bridgehead atoms. The van der Waals surface area contributed by atoms with E-state index in [1.54, 1.807) is 12.1 Å². The third-order valence-electron chi connectivity index (χ3n) is 1.98. The summed E-state index contributed by atoms with van der Waals surface area (Å²) < 4.78 is 0. The van der Waals surface area contributed by atoms with Crippen molar-refractivity contribution >= 4 is 45.5 Å². The van der Waals surface area contributed by atoms with Crippen LogP contribution >= 0.6 is 23.2 Å². The molecule has 0 aliphatic rings. The first-order valence-corrected chi connectivity index (χ1v) is 4.64. The highest BCUT2D eigenvalue weighted by molar-refractivity contribution is 6.42. The van der Waals surface area contributed by atoms with Crippen molar-refractivity contribution in [2.24, 2.45) is 0 Å². The number of fused-ring (bicyclic) bond motifs is 1. The van der Waals surface area contributed by atoms with Gasteiger partial charge in [-0.1, -0.05) is 23.2 Å². The van der Waals surface area contributed by atoms with Crippen LogP contribution < -0.4 is 11.5 Å². The predicted molar refractivity (Wildman–Crippen MR) is 60.6 cm³/mol. The number of halogens is 2. The van der Waals surface area contributed by atoms with Crippen LogP contribution in [0.2, 0.25) is 10.0 Å². The van der Waals surface area contributed by atoms with Crippen LogP contribution in [0.25, 0.3) is 10.9 Å². The first kappa shape index (κ1) is 9.37. The summed E-state index contributed by atoms with van der Waals surface area (Å²) in [5, 5.41) is 1.62. The molecule has 0 radical (unpaired) electrons. The zero-order chi connectivity index (χ0) is 10.3. The van der Waals surface area contributed by atoms with E-state index in [9.17, 15) is 0 Å². The standard InChI is InChI=1S/C9H7Cl2N3/c10-5-1-4-8(2-6(5)11)14-3-7(12)9(4)13/h1-3H,12H2,(H2,13,14). The van der Waals surface area contributed by atoms with Gasteiger partial charge in [0.15, 0.2) is 0 Å². The molecule has 0 amide bonds. The molecule has 1 aromatic carbocycles. The molecule has 1 heterocycles. The van der Waals surface area contributed by atoms with E-state index in [4.69, 9.17) is 34.7 Å². The fourth-order valence-corrected chi connectivity index (χ4v) is 1.54. The summed E-state index contributed by atoms with van der Waals surface area (Å²) in [5.41, 5.74) is 13.0. The number of nitrogens with zero attached hydrogens (tertiary/aromatic N) is 1. The van der Waals surface area contributed by atoms with Crippen LogP contribution in [0.3, 0.4) is 0 Å². The summed E-state index contributed by atoms with van der Waals surface area (Å²) >= 11 is 11.7. The first-order chi connectivity index (χ1) is 6.59. The largest absolute Gasteiger partial charge is 0.396 e. The van der Waals surface area contributed by atoms with E-state index in [1.807, 2.05) is 0 Å². The number of benzene rings is 1. The minimum absolute atomic E-state index is 0.441. The minimum Gasteiger partial charge on any atom is -0.396 e. The van der Waals surface area contributed by atoms with Crippen LogP contribution in [0, 0.1) is 0 Å². The first-order valence-electron chi connectivity index (χ1n) is 3.88. The maximum Gasteiger partial charge on any atom is 0.0740 e. The Balaban J connectivity index is 2.89. The Hall–Kier alpha value is -1.19. The molecule has 0 fully saturated rings. The fraction of sp³-hybridized carbons (Fsp3) is 0. The zero-order valence-electron chi connectivity index (χ0n) is 7.09. The Morgan fingerprint density at radius 1 is 1.07 bits per heavy atom. The molecule has 2 rings (SSSR count). The van der Waals surface area contributed by atoms with Gasteiger partial charge in [0.05, 0.1) is 33.1 Å². The van der Waals surface area contributed by atoms with Gasteiger partial charge in [0.25, 0.3) is 0 Å². The van der Waals surface area contributed by atoms with Gasteiger partial charge in [-0.2, -0.15) is 0 Å². The van der Waals surface area contributed by atoms with Crippen molar-refractivity contribution in [2.75, 3.05) is 11.5 Å². The van der Waals surface area contributed by atoms with Crippen molar-refractivity contribution in [1.29, 1.82) is 0 Å². The molecular formula is C9H7Cl2N3. The van der Waals surface area contributed by atoms with Gasteiger partial charge in [-0.25, -0.2) is 0 Å². The van der Waals surface area contributed by atoms with Gasteiger partial charge in [-0.3, -0.25) is 4.98 Å². The van der Waals surface area contributed by atoms with Crippen molar-refractivity contribution in [3.63, 3.8) is 0 Å². The quantitative estimate of drug-likeness (QED) is 0.728. The monoisotopic (exact) mass is 227 g/mol. The van der Waals surface area contributed by atoms with Crippen molar-refractivity contribution in [2.45, 2.75) is 0 Å². The predicted octanol–water partition coefficient (Wildman–Crippen LogP) is 2.71. The third-order valence-corrected chi connectivity index (χ3v) is 2.70. The number of pyridine rings is 1. The van der Waals surface area contributed by atoms with Crippen molar-refractivity contribution in [3.8, 4) is 0 Å². The lowest BCUT2D eigenvalue weighted by molar-refractivity contribution is 1.41. The fourth-order valence-electron chi connectivity index (χ4n) is 1.22. The Morgan fingerprint density at radius 3 is 2.43 bits per heavy atom. The third kappa shape index (κ3) is 1.35. The van der Waals surface area contributed by atoms with Crippen LogP contribution in [0.15, 0.2) is 18.3 Å². The molecule has 14 heavy (non-hydrogen) atoms. The van der Waals surface area contributed by atoms with E-state index in [2.05, 4.69) is 4.98 Å². The highest BCUT2D eigenvalue weighted by atomic mass is 35.5. The van der Waals surface area contributed by atoms with Crippen LogP contribution in [0.5, 0.6) is 0 Å². The second-order valence-corrected chi connectivity index (χ2v) is 3.73. The highest BCUT2D eigenvalue weighted by Crippen LogP contribution is 2.31. The average Bonchev–Trinajstić information content (AvgIpc) is 2.15. The van der Waals surface area contributed by atoms with E-state index < -0.39 is 0 Å². The molecule has 72 valence electrons. The van der Waals surface area contributed by atoms with E-state index in [1.165, 1.54) is 6.20 Å². The highest BCUT2D eigenvalue weighted by Gasteiger charge is 2.06. The molecule has 0 saturated carbocycles. The number of nitrogens with two attached hydrogens (primary N) is 2. The van der Waals surface area contributed by atoms with Gasteiger partial charge >= 0.3 is 0 Å². The molecule has 0 aliphatic carbocycles. The van der Waals surface area contributed by atoms with Gasteiger partial charge in [0.2, 0.25) is 0 Å². The Kier molecular flexibility index (Phi) is 2.13. The molecule has 5 heteroatoms. The van der Waals surface area contributed by atoms with Crippen molar-refractivity contribution < 1.29 is 0 Å². The SMILES string of the molecule is Nc1cnc2cc(Cl)c(Cl)cc2c1N. The number of nitrogen functional groups attached to an aromatic ring is 2. The molecular weight excluding hydrogens is 221 g/mol. The number of rotatable bonds is 0. The molecule has 0 aliphatic heterocycles. The van der Waals surface area contributed by atoms with Gasteiger partial charge in [0, 0.05) is 5.39 Å². The van der Waals surface area contributed by atoms with Gasteiger partial charge < -0.3 is 11.5 Å². The summed E-state index contributed by atoms with van der Waals surface area (Å²) in [7, 11) is 0. The molecule has 0 saturated heterocycles. The lowest BCUT2D eigenvalue weighted by Crippen LogP contribution is -1.97. The topological polar surface area (TPSA) is 64.9 Å². The van der Waals surface area contributed by atoms with Gasteiger partial charge in [-0.15, -0.1) is 0 Å². The summed E-state index contributed by atoms with van der Waals surface area (Å²) in [6.45, 7) is 0. The molecule has 4 N–H and O–H groups in total. The van der Waals surface area contributed by atoms with Gasteiger partial charge in [0.1, 0.15) is 0 Å². The van der Waals surface area contributed by atoms with Crippen LogP contribution in [-0.2, 0) is 0 Å². The minimum atomic E-state index is 0.441. The molecule has 0 atom stereocenters. The second kappa shape index (κ2) is 3.19. The van der Waals surface area contributed by atoms with Gasteiger partial charge in [-0.05, 0) is 12.1 Å². The van der Waals surface area contributed by atoms with Crippen LogP contribution in [0.1, 0.15) is 0 Å². The Labute approximate surface area is 90.6 Å². The summed E-state index contributed by atoms with van der Waals surface area (Å²) in [5.74, 6) is 0. The van der Waals surface area contributed by atoms with Crippen LogP contribution in [0.4, 0.5) is 11.4 Å². The maximum atomic E-state index is 5.86. The smallest absolute Gasteiger partial charge is 0.0740 e. The normalized spacial score (nSPS) is 10.7. The number of hydrogen-bond acceptors (Lipinski definition) is 3. The molecule has 0 spiro atoms. The summed E-state index contributed by atoms with van der Waals surface area (Å²) in [4.78, 5) is 4.10. The molecule has 3 nitrogen and oxygen atoms in total.